The van der Waals surface area contributed by atoms with Gasteiger partial charge in [-0.3, -0.25) is 4.79 Å². The Morgan fingerprint density at radius 1 is 0.871 bits per heavy atom. The summed E-state index contributed by atoms with van der Waals surface area (Å²) >= 11 is 5.30. The average molecular weight is 528 g/mol. The van der Waals surface area contributed by atoms with Crippen molar-refractivity contribution < 1.29 is 53.5 Å². The molecule has 0 saturated carbocycles. The van der Waals surface area contributed by atoms with Crippen molar-refractivity contribution in [2.75, 3.05) is 23.8 Å². The molecule has 2 rings (SSSR count). The molecular weight excluding hydrogens is 500 g/mol. The molecule has 0 saturated heterocycles. The molecular formula is C22H28Fe2N2O4S. The summed E-state index contributed by atoms with van der Waals surface area (Å²) in [5, 5.41) is 15.2. The number of carbonyl (C=O) groups excluding carboxylic acids is 1. The minimum Gasteiger partial charge on any atom is -0.512 e. The van der Waals surface area contributed by atoms with Gasteiger partial charge in [0.1, 0.15) is 11.5 Å². The van der Waals surface area contributed by atoms with Crippen LogP contribution in [0.15, 0.2) is 60.4 Å². The number of benzene rings is 2. The van der Waals surface area contributed by atoms with Crippen LogP contribution >= 0.6 is 12.2 Å². The SMILES string of the molecule is CC(=O)/C=C(/C)O.CCOc1ccc(NC(=S)Nc2ccc(OCC)cc2)cc1.[Fe].[Fe]. The van der Waals surface area contributed by atoms with E-state index < -0.39 is 0 Å². The molecule has 2 aromatic rings. The van der Waals surface area contributed by atoms with E-state index in [2.05, 4.69) is 10.6 Å². The first-order chi connectivity index (χ1) is 13.8. The molecule has 0 aliphatic heterocycles. The third kappa shape index (κ3) is 14.6. The summed E-state index contributed by atoms with van der Waals surface area (Å²) in [7, 11) is 0. The monoisotopic (exact) mass is 528 g/mol. The van der Waals surface area contributed by atoms with E-state index in [1.807, 2.05) is 62.4 Å². The van der Waals surface area contributed by atoms with E-state index in [1.54, 1.807) is 0 Å². The second-order valence-corrected chi connectivity index (χ2v) is 6.30. The maximum atomic E-state index is 10.0. The van der Waals surface area contributed by atoms with E-state index in [-0.39, 0.29) is 45.7 Å². The third-order valence-corrected chi connectivity index (χ3v) is 3.46. The molecule has 0 atom stereocenters. The molecule has 9 heteroatoms. The van der Waals surface area contributed by atoms with E-state index >= 15 is 0 Å². The molecule has 31 heavy (non-hydrogen) atoms. The zero-order valence-corrected chi connectivity index (χ0v) is 20.9. The maximum absolute atomic E-state index is 10.0. The number of ether oxygens (including phenoxy) is 2. The number of thiocarbonyl (C=S) groups is 1. The Hall–Kier alpha value is -2.02. The standard InChI is InChI=1S/C17H20N2O2S.C5H8O2.2Fe/c1-3-20-15-9-5-13(6-10-15)18-17(22)19-14-7-11-16(12-8-14)21-4-2;1-4(6)3-5(2)7;;/h5-12H,3-4H2,1-2H3,(H2,18,19,22);3,6H,1-2H3;;/b;4-3-;;. The van der Waals surface area contributed by atoms with Crippen LogP contribution in [0, 0.1) is 0 Å². The number of nitrogens with one attached hydrogen (secondary N) is 2. The molecule has 0 spiro atoms. The number of aliphatic hydroxyl groups excluding tert-OH is 1. The van der Waals surface area contributed by atoms with Crippen molar-refractivity contribution in [1.82, 2.24) is 0 Å². The number of allylic oxidation sites excluding steroid dienone is 2. The van der Waals surface area contributed by atoms with Crippen molar-refractivity contribution in [3.8, 4) is 11.5 Å². The van der Waals surface area contributed by atoms with Crippen molar-refractivity contribution in [2.45, 2.75) is 27.7 Å². The Morgan fingerprint density at radius 3 is 1.45 bits per heavy atom. The van der Waals surface area contributed by atoms with Gasteiger partial charge in [0.15, 0.2) is 10.9 Å². The van der Waals surface area contributed by atoms with Gasteiger partial charge in [0, 0.05) is 51.6 Å². The molecule has 6 nitrogen and oxygen atoms in total. The van der Waals surface area contributed by atoms with Crippen LogP contribution in [0.5, 0.6) is 11.5 Å². The molecule has 0 aliphatic carbocycles. The summed E-state index contributed by atoms with van der Waals surface area (Å²) in [6.07, 6.45) is 1.17. The normalized spacial score (nSPS) is 9.61. The summed E-state index contributed by atoms with van der Waals surface area (Å²) in [6.45, 7) is 8.08. The average Bonchev–Trinajstić information content (AvgIpc) is 2.65. The second-order valence-electron chi connectivity index (χ2n) is 5.89. The van der Waals surface area contributed by atoms with E-state index in [4.69, 9.17) is 26.8 Å². The number of anilines is 2. The summed E-state index contributed by atoms with van der Waals surface area (Å²) in [6, 6.07) is 15.3. The van der Waals surface area contributed by atoms with Gasteiger partial charge < -0.3 is 25.2 Å². The predicted octanol–water partition coefficient (Wildman–Crippen LogP) is 5.33. The zero-order chi connectivity index (χ0) is 21.6. The Bertz CT molecular complexity index is 756. The van der Waals surface area contributed by atoms with Gasteiger partial charge in [-0.25, -0.2) is 0 Å². The number of ketones is 1. The van der Waals surface area contributed by atoms with Crippen LogP contribution in [0.2, 0.25) is 0 Å². The van der Waals surface area contributed by atoms with Gasteiger partial charge in [-0.05, 0) is 88.4 Å². The Labute approximate surface area is 210 Å². The molecule has 3 N–H and O–H groups in total. The number of hydrogen-bond donors (Lipinski definition) is 3. The number of rotatable bonds is 7. The van der Waals surface area contributed by atoms with Crippen molar-refractivity contribution in [2.24, 2.45) is 0 Å². The number of carbonyl (C=O) groups is 1. The van der Waals surface area contributed by atoms with Gasteiger partial charge in [0.25, 0.3) is 0 Å². The smallest absolute Gasteiger partial charge is 0.175 e. The van der Waals surface area contributed by atoms with Crippen LogP contribution in [0.25, 0.3) is 0 Å². The predicted molar refractivity (Wildman–Crippen MR) is 122 cm³/mol. The van der Waals surface area contributed by atoms with Gasteiger partial charge in [-0.15, -0.1) is 0 Å². The van der Waals surface area contributed by atoms with E-state index in [0.717, 1.165) is 22.9 Å². The van der Waals surface area contributed by atoms with Crippen LogP contribution in [-0.2, 0) is 38.9 Å². The molecule has 0 bridgehead atoms. The van der Waals surface area contributed by atoms with Gasteiger partial charge in [0.05, 0.1) is 19.0 Å². The van der Waals surface area contributed by atoms with Gasteiger partial charge >= 0.3 is 0 Å². The van der Waals surface area contributed by atoms with Gasteiger partial charge in [-0.1, -0.05) is 0 Å². The van der Waals surface area contributed by atoms with Crippen LogP contribution in [-0.4, -0.2) is 29.2 Å². The molecule has 0 radical (unpaired) electrons. The van der Waals surface area contributed by atoms with Crippen molar-refractivity contribution in [1.29, 1.82) is 0 Å². The summed E-state index contributed by atoms with van der Waals surface area (Å²) < 4.78 is 10.8. The molecule has 0 aliphatic rings. The van der Waals surface area contributed by atoms with Crippen molar-refractivity contribution in [3.05, 3.63) is 60.4 Å². The summed E-state index contributed by atoms with van der Waals surface area (Å²) in [5.41, 5.74) is 1.82. The van der Waals surface area contributed by atoms with Gasteiger partial charge in [0.2, 0.25) is 0 Å². The fourth-order valence-electron chi connectivity index (χ4n) is 2.19. The molecule has 0 unspecified atom stereocenters. The van der Waals surface area contributed by atoms with Crippen molar-refractivity contribution in [3.63, 3.8) is 0 Å². The minimum absolute atomic E-state index is 0. The first-order valence-corrected chi connectivity index (χ1v) is 9.66. The topological polar surface area (TPSA) is 79.8 Å². The molecule has 0 aromatic heterocycles. The van der Waals surface area contributed by atoms with Crippen LogP contribution in [0.3, 0.4) is 0 Å². The number of hydrogen-bond acceptors (Lipinski definition) is 5. The van der Waals surface area contributed by atoms with Crippen LogP contribution in [0.1, 0.15) is 27.7 Å². The Kier molecular flexibility index (Phi) is 17.7. The second kappa shape index (κ2) is 17.6. The Morgan fingerprint density at radius 2 is 1.23 bits per heavy atom. The molecule has 0 amide bonds. The number of aliphatic hydroxyl groups is 1. The summed E-state index contributed by atoms with van der Waals surface area (Å²) in [5.74, 6) is 1.63. The molecule has 2 aromatic carbocycles. The quantitative estimate of drug-likeness (QED) is 0.194. The van der Waals surface area contributed by atoms with Crippen molar-refractivity contribution >= 4 is 34.5 Å². The maximum Gasteiger partial charge on any atom is 0.175 e. The third-order valence-electron chi connectivity index (χ3n) is 3.26. The van der Waals surface area contributed by atoms with Crippen LogP contribution in [0.4, 0.5) is 11.4 Å². The van der Waals surface area contributed by atoms with Crippen LogP contribution < -0.4 is 20.1 Å². The first kappa shape index (κ1) is 31.2. The summed E-state index contributed by atoms with van der Waals surface area (Å²) in [4.78, 5) is 10.0. The van der Waals surface area contributed by atoms with E-state index in [0.29, 0.717) is 18.3 Å². The van der Waals surface area contributed by atoms with E-state index in [1.165, 1.54) is 19.9 Å². The first-order valence-electron chi connectivity index (χ1n) is 9.25. The molecule has 0 heterocycles. The fourth-order valence-corrected chi connectivity index (χ4v) is 2.43. The fraction of sp³-hybridized carbons (Fsp3) is 0.273. The zero-order valence-electron chi connectivity index (χ0n) is 17.9. The Balaban J connectivity index is 0. The van der Waals surface area contributed by atoms with Gasteiger partial charge in [-0.2, -0.15) is 0 Å². The van der Waals surface area contributed by atoms with E-state index in [9.17, 15) is 4.79 Å². The molecule has 172 valence electrons. The minimum atomic E-state index is -0.125. The largest absolute Gasteiger partial charge is 0.512 e. The molecule has 0 fully saturated rings.